The number of halogens is 1. The van der Waals surface area contributed by atoms with Crippen LogP contribution in [0.4, 0.5) is 0 Å². The summed E-state index contributed by atoms with van der Waals surface area (Å²) in [5.41, 5.74) is 0. The number of rotatable bonds is 2. The van der Waals surface area contributed by atoms with Crippen molar-refractivity contribution in [1.29, 1.82) is 0 Å². The zero-order valence-corrected chi connectivity index (χ0v) is 8.46. The maximum atomic E-state index is 10.9. The van der Waals surface area contributed by atoms with E-state index in [4.69, 9.17) is 4.74 Å². The lowest BCUT2D eigenvalue weighted by Crippen LogP contribution is -2.39. The minimum Gasteiger partial charge on any atom is -0.381 e. The van der Waals surface area contributed by atoms with Gasteiger partial charge in [-0.1, -0.05) is 22.6 Å². The van der Waals surface area contributed by atoms with Crippen molar-refractivity contribution in [3.8, 4) is 0 Å². The van der Waals surface area contributed by atoms with Gasteiger partial charge in [0.15, 0.2) is 0 Å². The number of hydrogen-bond acceptors (Lipinski definition) is 2. The lowest BCUT2D eigenvalue weighted by atomic mass is 10.1. The van der Waals surface area contributed by atoms with Gasteiger partial charge in [0.05, 0.1) is 4.43 Å². The summed E-state index contributed by atoms with van der Waals surface area (Å²) in [7, 11) is 0. The standard InChI is InChI=1S/C7H12INO2/c8-5-7(10)9-6-1-3-11-4-2-6/h6H,1-5H2,(H,9,10). The molecule has 3 nitrogen and oxygen atoms in total. The Morgan fingerprint density at radius 2 is 2.18 bits per heavy atom. The highest BCUT2D eigenvalue weighted by Crippen LogP contribution is 2.05. The van der Waals surface area contributed by atoms with E-state index < -0.39 is 0 Å². The summed E-state index contributed by atoms with van der Waals surface area (Å²) >= 11 is 2.07. The Morgan fingerprint density at radius 1 is 1.55 bits per heavy atom. The molecule has 0 spiro atoms. The molecule has 1 aliphatic rings. The number of amides is 1. The largest absolute Gasteiger partial charge is 0.381 e. The van der Waals surface area contributed by atoms with Crippen LogP contribution in [0.15, 0.2) is 0 Å². The van der Waals surface area contributed by atoms with Crippen LogP contribution >= 0.6 is 22.6 Å². The van der Waals surface area contributed by atoms with Crippen LogP contribution in [0.2, 0.25) is 0 Å². The van der Waals surface area contributed by atoms with Crippen molar-refractivity contribution in [2.75, 3.05) is 17.6 Å². The molecular formula is C7H12INO2. The number of hydrogen-bond donors (Lipinski definition) is 1. The number of carbonyl (C=O) groups is 1. The Balaban J connectivity index is 2.19. The molecule has 1 aliphatic heterocycles. The zero-order valence-electron chi connectivity index (χ0n) is 6.31. The fourth-order valence-electron chi connectivity index (χ4n) is 1.11. The van der Waals surface area contributed by atoms with E-state index in [9.17, 15) is 4.79 Å². The van der Waals surface area contributed by atoms with Gasteiger partial charge < -0.3 is 10.1 Å². The van der Waals surface area contributed by atoms with Gasteiger partial charge in [-0.2, -0.15) is 0 Å². The SMILES string of the molecule is O=C(CI)NC1CCOCC1. The van der Waals surface area contributed by atoms with Crippen LogP contribution in [-0.4, -0.2) is 29.6 Å². The molecule has 0 aromatic rings. The number of carbonyl (C=O) groups excluding carboxylic acids is 1. The highest BCUT2D eigenvalue weighted by atomic mass is 127. The molecule has 64 valence electrons. The van der Waals surface area contributed by atoms with Crippen molar-refractivity contribution in [2.24, 2.45) is 0 Å². The molecule has 0 radical (unpaired) electrons. The maximum Gasteiger partial charge on any atom is 0.230 e. The van der Waals surface area contributed by atoms with Crippen LogP contribution in [0.25, 0.3) is 0 Å². The summed E-state index contributed by atoms with van der Waals surface area (Å²) in [6, 6.07) is 0.353. The van der Waals surface area contributed by atoms with Gasteiger partial charge >= 0.3 is 0 Å². The zero-order chi connectivity index (χ0) is 8.10. The summed E-state index contributed by atoms with van der Waals surface area (Å²) in [4.78, 5) is 10.9. The van der Waals surface area contributed by atoms with Gasteiger partial charge in [0, 0.05) is 19.3 Å². The summed E-state index contributed by atoms with van der Waals surface area (Å²) in [5, 5.41) is 2.94. The molecule has 1 saturated heterocycles. The summed E-state index contributed by atoms with van der Waals surface area (Å²) in [5.74, 6) is 0.137. The van der Waals surface area contributed by atoms with Gasteiger partial charge in [-0.25, -0.2) is 0 Å². The van der Waals surface area contributed by atoms with Gasteiger partial charge in [0.25, 0.3) is 0 Å². The lowest BCUT2D eigenvalue weighted by molar-refractivity contribution is -0.119. The third-order valence-electron chi connectivity index (χ3n) is 1.71. The van der Waals surface area contributed by atoms with E-state index >= 15 is 0 Å². The van der Waals surface area contributed by atoms with E-state index in [-0.39, 0.29) is 5.91 Å². The molecule has 1 fully saturated rings. The van der Waals surface area contributed by atoms with Crippen molar-refractivity contribution in [3.63, 3.8) is 0 Å². The second-order valence-corrected chi connectivity index (χ2v) is 3.35. The summed E-state index contributed by atoms with van der Waals surface area (Å²) < 4.78 is 5.71. The van der Waals surface area contributed by atoms with Crippen LogP contribution in [0.5, 0.6) is 0 Å². The second-order valence-electron chi connectivity index (χ2n) is 2.59. The summed E-state index contributed by atoms with van der Waals surface area (Å²) in [6.07, 6.45) is 1.92. The van der Waals surface area contributed by atoms with Crippen LogP contribution in [-0.2, 0) is 9.53 Å². The Bertz CT molecular complexity index is 134. The molecule has 0 atom stereocenters. The molecule has 1 rings (SSSR count). The van der Waals surface area contributed by atoms with Crippen molar-refractivity contribution in [3.05, 3.63) is 0 Å². The fraction of sp³-hybridized carbons (Fsp3) is 0.857. The normalized spacial score (nSPS) is 19.7. The Kier molecular flexibility index (Phi) is 4.14. The van der Waals surface area contributed by atoms with E-state index in [1.807, 2.05) is 0 Å². The van der Waals surface area contributed by atoms with E-state index in [1.165, 1.54) is 0 Å². The van der Waals surface area contributed by atoms with Gasteiger partial charge in [-0.15, -0.1) is 0 Å². The van der Waals surface area contributed by atoms with E-state index in [0.29, 0.717) is 10.5 Å². The lowest BCUT2D eigenvalue weighted by Gasteiger charge is -2.22. The third-order valence-corrected chi connectivity index (χ3v) is 2.40. The molecule has 1 heterocycles. The molecule has 0 aromatic heterocycles. The van der Waals surface area contributed by atoms with Gasteiger partial charge in [0.1, 0.15) is 0 Å². The average Bonchev–Trinajstić information content (AvgIpc) is 2.06. The molecule has 1 N–H and O–H groups in total. The van der Waals surface area contributed by atoms with Crippen LogP contribution in [0.3, 0.4) is 0 Å². The number of ether oxygens (including phenoxy) is 1. The second kappa shape index (κ2) is 4.92. The van der Waals surface area contributed by atoms with Crippen LogP contribution in [0.1, 0.15) is 12.8 Å². The monoisotopic (exact) mass is 269 g/mol. The van der Waals surface area contributed by atoms with E-state index in [2.05, 4.69) is 27.9 Å². The molecule has 0 aromatic carbocycles. The minimum atomic E-state index is 0.137. The highest BCUT2D eigenvalue weighted by Gasteiger charge is 2.14. The first kappa shape index (κ1) is 9.25. The van der Waals surface area contributed by atoms with Crippen LogP contribution < -0.4 is 5.32 Å². The van der Waals surface area contributed by atoms with Crippen molar-refractivity contribution in [1.82, 2.24) is 5.32 Å². The Morgan fingerprint density at radius 3 is 2.73 bits per heavy atom. The maximum absolute atomic E-state index is 10.9. The summed E-state index contributed by atoms with van der Waals surface area (Å²) in [6.45, 7) is 1.57. The van der Waals surface area contributed by atoms with Crippen LogP contribution in [0, 0.1) is 0 Å². The Hall–Kier alpha value is 0.160. The molecule has 0 saturated carbocycles. The van der Waals surface area contributed by atoms with Gasteiger partial charge in [0.2, 0.25) is 5.91 Å². The van der Waals surface area contributed by atoms with E-state index in [1.54, 1.807) is 0 Å². The predicted molar refractivity (Wildman–Crippen MR) is 50.9 cm³/mol. The molecule has 1 amide bonds. The predicted octanol–water partition coefficient (Wildman–Crippen LogP) is 0.717. The smallest absolute Gasteiger partial charge is 0.230 e. The first-order chi connectivity index (χ1) is 5.33. The average molecular weight is 269 g/mol. The molecule has 0 unspecified atom stereocenters. The molecule has 0 aliphatic carbocycles. The topological polar surface area (TPSA) is 38.3 Å². The molecule has 11 heavy (non-hydrogen) atoms. The quantitative estimate of drug-likeness (QED) is 0.592. The highest BCUT2D eigenvalue weighted by molar-refractivity contribution is 14.1. The van der Waals surface area contributed by atoms with Crippen molar-refractivity contribution < 1.29 is 9.53 Å². The van der Waals surface area contributed by atoms with Gasteiger partial charge in [-0.3, -0.25) is 4.79 Å². The van der Waals surface area contributed by atoms with Gasteiger partial charge in [-0.05, 0) is 12.8 Å². The minimum absolute atomic E-state index is 0.137. The molecule has 4 heteroatoms. The molecule has 0 bridgehead atoms. The Labute approximate surface area is 80.0 Å². The first-order valence-electron chi connectivity index (χ1n) is 3.76. The van der Waals surface area contributed by atoms with Crippen molar-refractivity contribution >= 4 is 28.5 Å². The van der Waals surface area contributed by atoms with E-state index in [0.717, 1.165) is 26.1 Å². The first-order valence-corrected chi connectivity index (χ1v) is 5.28. The molecular weight excluding hydrogens is 257 g/mol. The third kappa shape index (κ3) is 3.37. The number of alkyl halides is 1. The number of nitrogens with one attached hydrogen (secondary N) is 1. The van der Waals surface area contributed by atoms with Crippen molar-refractivity contribution in [2.45, 2.75) is 18.9 Å². The fourth-order valence-corrected chi connectivity index (χ4v) is 1.33.